The summed E-state index contributed by atoms with van der Waals surface area (Å²) >= 11 is 3.47. The predicted octanol–water partition coefficient (Wildman–Crippen LogP) is 3.12. The molecule has 0 aromatic heterocycles. The maximum Gasteiger partial charge on any atom is 0.151 e. The molecule has 0 fully saturated rings. The molecule has 82 valence electrons. The van der Waals surface area contributed by atoms with Gasteiger partial charge in [0.15, 0.2) is 11.5 Å². The lowest BCUT2D eigenvalue weighted by atomic mass is 9.95. The van der Waals surface area contributed by atoms with Crippen LogP contribution in [-0.4, -0.2) is 14.9 Å². The first-order valence-electron chi connectivity index (χ1n) is 5.26. The smallest absolute Gasteiger partial charge is 0.151 e. The number of hydrogen-bond acceptors (Lipinski definition) is 2. The molecule has 3 rings (SSSR count). The van der Waals surface area contributed by atoms with Gasteiger partial charge in [0.25, 0.3) is 0 Å². The molecule has 0 aliphatic carbocycles. The van der Waals surface area contributed by atoms with Gasteiger partial charge in [-0.05, 0) is 30.3 Å². The highest BCUT2D eigenvalue weighted by molar-refractivity contribution is 9.10. The van der Waals surface area contributed by atoms with E-state index < -0.39 is 0 Å². The summed E-state index contributed by atoms with van der Waals surface area (Å²) in [5.41, 5.74) is 2.74. The first-order chi connectivity index (χ1) is 8.15. The minimum Gasteiger partial charge on any atom is -0.453 e. The van der Waals surface area contributed by atoms with Gasteiger partial charge in [-0.1, -0.05) is 27.5 Å². The Hall–Kier alpha value is -1.42. The average molecular weight is 286 g/mol. The summed E-state index contributed by atoms with van der Waals surface area (Å²) in [7, 11) is 7.81. The normalized spacial score (nSPS) is 12.7. The van der Waals surface area contributed by atoms with E-state index in [4.69, 9.17) is 12.6 Å². The number of fused-ring (bicyclic) bond motifs is 2. The third-order valence-electron chi connectivity index (χ3n) is 2.85. The molecular formula is C13H9BBrNO. The third kappa shape index (κ3) is 1.73. The number of ether oxygens (including phenoxy) is 1. The minimum atomic E-state index is 0.734. The van der Waals surface area contributed by atoms with Crippen LogP contribution in [0.1, 0.15) is 0 Å². The van der Waals surface area contributed by atoms with E-state index in [1.165, 1.54) is 0 Å². The summed E-state index contributed by atoms with van der Waals surface area (Å²) in [6.07, 6.45) is 0. The maximum absolute atomic E-state index is 5.84. The van der Waals surface area contributed by atoms with Crippen LogP contribution in [-0.2, 0) is 0 Å². The van der Waals surface area contributed by atoms with Gasteiger partial charge in [0.05, 0.1) is 11.4 Å². The second-order valence-corrected chi connectivity index (χ2v) is 4.92. The van der Waals surface area contributed by atoms with Gasteiger partial charge in [-0.25, -0.2) is 0 Å². The van der Waals surface area contributed by atoms with Crippen LogP contribution in [0.25, 0.3) is 0 Å². The number of anilines is 2. The lowest BCUT2D eigenvalue weighted by molar-refractivity contribution is 0.475. The zero-order valence-electron chi connectivity index (χ0n) is 9.27. The molecular weight excluding hydrogens is 277 g/mol. The van der Waals surface area contributed by atoms with Gasteiger partial charge < -0.3 is 9.64 Å². The topological polar surface area (TPSA) is 12.5 Å². The van der Waals surface area contributed by atoms with Crippen LogP contribution >= 0.6 is 15.9 Å². The molecule has 4 heteroatoms. The molecule has 2 nitrogen and oxygen atoms in total. The number of benzene rings is 2. The quantitative estimate of drug-likeness (QED) is 0.690. The van der Waals surface area contributed by atoms with Crippen LogP contribution in [0.2, 0.25) is 0 Å². The van der Waals surface area contributed by atoms with Gasteiger partial charge in [-0.3, -0.25) is 0 Å². The SMILES string of the molecule is [B]c1ccc2c(c1)N(C)c1cc(Br)ccc1O2. The molecule has 1 aliphatic rings. The van der Waals surface area contributed by atoms with Crippen molar-refractivity contribution in [1.29, 1.82) is 0 Å². The first-order valence-corrected chi connectivity index (χ1v) is 6.05. The summed E-state index contributed by atoms with van der Waals surface area (Å²) < 4.78 is 6.87. The molecule has 0 amide bonds. The molecule has 0 saturated heterocycles. The standard InChI is InChI=1S/C13H9BBrNO/c1-16-10-6-8(14)2-4-12(10)17-13-5-3-9(15)7-11(13)16/h2-7H,1H3. The second kappa shape index (κ2) is 3.81. The molecule has 0 spiro atoms. The highest BCUT2D eigenvalue weighted by Gasteiger charge is 2.21. The van der Waals surface area contributed by atoms with Crippen molar-refractivity contribution >= 4 is 40.6 Å². The zero-order chi connectivity index (χ0) is 12.0. The van der Waals surface area contributed by atoms with Crippen LogP contribution in [0.4, 0.5) is 11.4 Å². The van der Waals surface area contributed by atoms with Crippen molar-refractivity contribution in [3.05, 3.63) is 40.9 Å². The Kier molecular flexibility index (Phi) is 2.40. The highest BCUT2D eigenvalue weighted by Crippen LogP contribution is 2.45. The fourth-order valence-corrected chi connectivity index (χ4v) is 2.32. The minimum absolute atomic E-state index is 0.734. The molecule has 0 bridgehead atoms. The van der Waals surface area contributed by atoms with Crippen molar-refractivity contribution in [1.82, 2.24) is 0 Å². The number of rotatable bonds is 0. The Morgan fingerprint density at radius 3 is 2.47 bits per heavy atom. The van der Waals surface area contributed by atoms with Crippen molar-refractivity contribution in [3.8, 4) is 11.5 Å². The van der Waals surface area contributed by atoms with Crippen molar-refractivity contribution in [2.45, 2.75) is 0 Å². The zero-order valence-corrected chi connectivity index (χ0v) is 10.9. The lowest BCUT2D eigenvalue weighted by Crippen LogP contribution is -2.18. The average Bonchev–Trinajstić information content (AvgIpc) is 2.32. The van der Waals surface area contributed by atoms with Crippen LogP contribution in [0.3, 0.4) is 0 Å². The fraction of sp³-hybridized carbons (Fsp3) is 0.0769. The Morgan fingerprint density at radius 1 is 1.06 bits per heavy atom. The predicted molar refractivity (Wildman–Crippen MR) is 74.1 cm³/mol. The number of hydrogen-bond donors (Lipinski definition) is 0. The molecule has 1 aliphatic heterocycles. The summed E-state index contributed by atoms with van der Waals surface area (Å²) in [6.45, 7) is 0. The second-order valence-electron chi connectivity index (χ2n) is 4.00. The number of nitrogens with zero attached hydrogens (tertiary/aromatic N) is 1. The van der Waals surface area contributed by atoms with Gasteiger partial charge in [0.2, 0.25) is 0 Å². The van der Waals surface area contributed by atoms with Crippen LogP contribution in [0, 0.1) is 0 Å². The molecule has 2 aromatic rings. The van der Waals surface area contributed by atoms with Crippen LogP contribution in [0.5, 0.6) is 11.5 Å². The molecule has 17 heavy (non-hydrogen) atoms. The molecule has 0 atom stereocenters. The summed E-state index contributed by atoms with van der Waals surface area (Å²) in [4.78, 5) is 2.08. The Labute approximate surface area is 110 Å². The van der Waals surface area contributed by atoms with Crippen LogP contribution in [0.15, 0.2) is 40.9 Å². The molecule has 0 unspecified atom stereocenters. The van der Waals surface area contributed by atoms with E-state index in [9.17, 15) is 0 Å². The van der Waals surface area contributed by atoms with E-state index in [1.807, 2.05) is 43.4 Å². The number of halogens is 1. The van der Waals surface area contributed by atoms with Gasteiger partial charge >= 0.3 is 0 Å². The van der Waals surface area contributed by atoms with Gasteiger partial charge in [-0.2, -0.15) is 0 Å². The van der Waals surface area contributed by atoms with E-state index in [0.29, 0.717) is 0 Å². The molecule has 1 heterocycles. The Balaban J connectivity index is 2.18. The lowest BCUT2D eigenvalue weighted by Gasteiger charge is -2.30. The first kappa shape index (κ1) is 10.7. The van der Waals surface area contributed by atoms with Gasteiger partial charge in [0.1, 0.15) is 7.85 Å². The monoisotopic (exact) mass is 285 g/mol. The van der Waals surface area contributed by atoms with E-state index in [-0.39, 0.29) is 0 Å². The van der Waals surface area contributed by atoms with E-state index in [1.54, 1.807) is 0 Å². The Morgan fingerprint density at radius 2 is 1.71 bits per heavy atom. The summed E-state index contributed by atoms with van der Waals surface area (Å²) in [6, 6.07) is 11.6. The molecule has 2 aromatic carbocycles. The van der Waals surface area contributed by atoms with Gasteiger partial charge in [0, 0.05) is 11.5 Å². The highest BCUT2D eigenvalue weighted by atomic mass is 79.9. The third-order valence-corrected chi connectivity index (χ3v) is 3.34. The molecule has 0 saturated carbocycles. The van der Waals surface area contributed by atoms with E-state index in [2.05, 4.69) is 20.8 Å². The largest absolute Gasteiger partial charge is 0.453 e. The van der Waals surface area contributed by atoms with Crippen molar-refractivity contribution in [3.63, 3.8) is 0 Å². The summed E-state index contributed by atoms with van der Waals surface area (Å²) in [5, 5.41) is 0. The van der Waals surface area contributed by atoms with Crippen molar-refractivity contribution in [2.24, 2.45) is 0 Å². The summed E-state index contributed by atoms with van der Waals surface area (Å²) in [5.74, 6) is 1.68. The van der Waals surface area contributed by atoms with Crippen molar-refractivity contribution < 1.29 is 4.74 Å². The van der Waals surface area contributed by atoms with E-state index in [0.717, 1.165) is 32.8 Å². The van der Waals surface area contributed by atoms with E-state index >= 15 is 0 Å². The molecule has 2 radical (unpaired) electrons. The van der Waals surface area contributed by atoms with Crippen LogP contribution < -0.4 is 15.1 Å². The molecule has 0 N–H and O–H groups in total. The Bertz CT molecular complexity index is 548. The maximum atomic E-state index is 5.84. The van der Waals surface area contributed by atoms with Crippen molar-refractivity contribution in [2.75, 3.05) is 11.9 Å². The van der Waals surface area contributed by atoms with Gasteiger partial charge in [-0.15, -0.1) is 0 Å². The fourth-order valence-electron chi connectivity index (χ4n) is 1.97.